The van der Waals surface area contributed by atoms with Crippen LogP contribution in [0.15, 0.2) is 12.1 Å². The monoisotopic (exact) mass is 260 g/mol. The van der Waals surface area contributed by atoms with Gasteiger partial charge in [-0.25, -0.2) is 13.2 Å². The molecule has 1 atom stereocenters. The smallest absolute Gasteiger partial charge is 0.306 e. The minimum absolute atomic E-state index is 0.256. The zero-order chi connectivity index (χ0) is 13.9. The molecule has 6 heteroatoms. The van der Waals surface area contributed by atoms with Crippen LogP contribution in [-0.4, -0.2) is 18.9 Å². The molecule has 1 unspecified atom stereocenters. The molecule has 1 aromatic carbocycles. The molecule has 0 radical (unpaired) electrons. The highest BCUT2D eigenvalue weighted by Crippen LogP contribution is 2.19. The summed E-state index contributed by atoms with van der Waals surface area (Å²) < 4.78 is 43.3. The van der Waals surface area contributed by atoms with E-state index in [1.807, 2.05) is 0 Å². The van der Waals surface area contributed by atoms with E-state index in [1.54, 1.807) is 0 Å². The number of esters is 1. The topological polar surface area (TPSA) is 43.4 Å². The molecular formula is C12H11F3O3. The fourth-order valence-electron chi connectivity index (χ4n) is 1.40. The van der Waals surface area contributed by atoms with E-state index in [0.717, 1.165) is 7.11 Å². The molecule has 1 rings (SSSR count). The largest absolute Gasteiger partial charge is 0.469 e. The molecule has 0 aliphatic rings. The molecule has 3 nitrogen and oxygen atoms in total. The molecule has 98 valence electrons. The maximum absolute atomic E-state index is 13.3. The average molecular weight is 260 g/mol. The van der Waals surface area contributed by atoms with E-state index in [-0.39, 0.29) is 6.42 Å². The fraction of sp³-hybridized carbons (Fsp3) is 0.333. The van der Waals surface area contributed by atoms with Crippen molar-refractivity contribution in [2.45, 2.75) is 13.3 Å². The van der Waals surface area contributed by atoms with Gasteiger partial charge in [-0.3, -0.25) is 9.59 Å². The second kappa shape index (κ2) is 5.66. The number of carbonyl (C=O) groups is 2. The standard InChI is InChI=1S/C12H11F3O3/c1-6(3-11(16)18-2)12(17)7-4-9(14)10(15)5-8(7)13/h4-6H,3H2,1-2H3. The molecule has 1 aromatic rings. The minimum atomic E-state index is -1.37. The van der Waals surface area contributed by atoms with Gasteiger partial charge in [-0.1, -0.05) is 6.92 Å². The summed E-state index contributed by atoms with van der Waals surface area (Å²) >= 11 is 0. The van der Waals surface area contributed by atoms with Crippen molar-refractivity contribution < 1.29 is 27.5 Å². The highest BCUT2D eigenvalue weighted by atomic mass is 19.2. The van der Waals surface area contributed by atoms with Crippen molar-refractivity contribution in [3.8, 4) is 0 Å². The van der Waals surface area contributed by atoms with E-state index in [1.165, 1.54) is 6.92 Å². The summed E-state index contributed by atoms with van der Waals surface area (Å²) in [6.07, 6.45) is -0.256. The third-order valence-corrected chi connectivity index (χ3v) is 2.42. The van der Waals surface area contributed by atoms with Crippen LogP contribution < -0.4 is 0 Å². The third kappa shape index (κ3) is 3.09. The number of carbonyl (C=O) groups excluding carboxylic acids is 2. The van der Waals surface area contributed by atoms with Gasteiger partial charge in [0.05, 0.1) is 19.1 Å². The van der Waals surface area contributed by atoms with Gasteiger partial charge < -0.3 is 4.74 Å². The number of benzene rings is 1. The van der Waals surface area contributed by atoms with Crippen molar-refractivity contribution in [2.75, 3.05) is 7.11 Å². The zero-order valence-electron chi connectivity index (χ0n) is 9.80. The summed E-state index contributed by atoms with van der Waals surface area (Å²) in [5.74, 6) is -6.14. The van der Waals surface area contributed by atoms with Crippen LogP contribution in [-0.2, 0) is 9.53 Å². The lowest BCUT2D eigenvalue weighted by Crippen LogP contribution is -2.18. The van der Waals surface area contributed by atoms with Crippen molar-refractivity contribution in [3.05, 3.63) is 35.1 Å². The molecule has 0 fully saturated rings. The molecule has 0 spiro atoms. The van der Waals surface area contributed by atoms with Crippen LogP contribution in [0, 0.1) is 23.4 Å². The Bertz CT molecular complexity index is 486. The molecule has 0 bridgehead atoms. The highest BCUT2D eigenvalue weighted by Gasteiger charge is 2.23. The Morgan fingerprint density at radius 3 is 2.28 bits per heavy atom. The number of methoxy groups -OCH3 is 1. The number of Topliss-reactive ketones (excluding diaryl/α,β-unsaturated/α-hetero) is 1. The van der Waals surface area contributed by atoms with Crippen molar-refractivity contribution in [1.29, 1.82) is 0 Å². The van der Waals surface area contributed by atoms with Gasteiger partial charge in [0.15, 0.2) is 17.4 Å². The lowest BCUT2D eigenvalue weighted by atomic mass is 9.96. The predicted molar refractivity (Wildman–Crippen MR) is 56.4 cm³/mol. The van der Waals surface area contributed by atoms with Crippen molar-refractivity contribution in [2.24, 2.45) is 5.92 Å². The lowest BCUT2D eigenvalue weighted by molar-refractivity contribution is -0.141. The Morgan fingerprint density at radius 2 is 1.72 bits per heavy atom. The third-order valence-electron chi connectivity index (χ3n) is 2.42. The number of halogens is 3. The number of ether oxygens (including phenoxy) is 1. The Balaban J connectivity index is 2.97. The van der Waals surface area contributed by atoms with Crippen molar-refractivity contribution in [1.82, 2.24) is 0 Å². The summed E-state index contributed by atoms with van der Waals surface area (Å²) in [4.78, 5) is 22.7. The molecule has 0 aromatic heterocycles. The van der Waals surface area contributed by atoms with E-state index in [0.29, 0.717) is 12.1 Å². The van der Waals surface area contributed by atoms with E-state index >= 15 is 0 Å². The van der Waals surface area contributed by atoms with Crippen molar-refractivity contribution >= 4 is 11.8 Å². The molecule has 18 heavy (non-hydrogen) atoms. The molecule has 0 saturated heterocycles. The fourth-order valence-corrected chi connectivity index (χ4v) is 1.40. The van der Waals surface area contributed by atoms with E-state index in [2.05, 4.69) is 4.74 Å². The van der Waals surface area contributed by atoms with Gasteiger partial charge in [-0.15, -0.1) is 0 Å². The SMILES string of the molecule is COC(=O)CC(C)C(=O)c1cc(F)c(F)cc1F. The van der Waals surface area contributed by atoms with Crippen LogP contribution in [0.4, 0.5) is 13.2 Å². The van der Waals surface area contributed by atoms with Gasteiger partial charge in [0.25, 0.3) is 0 Å². The van der Waals surface area contributed by atoms with Gasteiger partial charge in [0, 0.05) is 12.0 Å². The van der Waals surface area contributed by atoms with Crippen LogP contribution in [0.2, 0.25) is 0 Å². The molecular weight excluding hydrogens is 249 g/mol. The van der Waals surface area contributed by atoms with Crippen molar-refractivity contribution in [3.63, 3.8) is 0 Å². The van der Waals surface area contributed by atoms with Crippen LogP contribution in [0.1, 0.15) is 23.7 Å². The summed E-state index contributed by atoms with van der Waals surface area (Å²) in [5.41, 5.74) is -0.578. The number of hydrogen-bond donors (Lipinski definition) is 0. The Morgan fingerprint density at radius 1 is 1.17 bits per heavy atom. The second-order valence-electron chi connectivity index (χ2n) is 3.79. The first kappa shape index (κ1) is 14.2. The van der Waals surface area contributed by atoms with Gasteiger partial charge in [-0.05, 0) is 6.07 Å². The number of rotatable bonds is 4. The van der Waals surface area contributed by atoms with E-state index < -0.39 is 40.7 Å². The van der Waals surface area contributed by atoms with Crippen LogP contribution in [0.5, 0.6) is 0 Å². The number of ketones is 1. The Labute approximate surface area is 102 Å². The van der Waals surface area contributed by atoms with Gasteiger partial charge in [0.2, 0.25) is 0 Å². The first-order valence-corrected chi connectivity index (χ1v) is 5.12. The molecule has 0 heterocycles. The minimum Gasteiger partial charge on any atom is -0.469 e. The predicted octanol–water partition coefficient (Wildman–Crippen LogP) is 2.49. The summed E-state index contributed by atoms with van der Waals surface area (Å²) in [7, 11) is 1.15. The molecule has 0 saturated carbocycles. The molecule has 0 amide bonds. The van der Waals surface area contributed by atoms with Gasteiger partial charge in [0.1, 0.15) is 5.82 Å². The lowest BCUT2D eigenvalue weighted by Gasteiger charge is -2.10. The molecule has 0 aliphatic heterocycles. The van der Waals surface area contributed by atoms with Gasteiger partial charge in [-0.2, -0.15) is 0 Å². The first-order chi connectivity index (χ1) is 8.36. The normalized spacial score (nSPS) is 12.1. The van der Waals surface area contributed by atoms with E-state index in [4.69, 9.17) is 0 Å². The zero-order valence-corrected chi connectivity index (χ0v) is 9.80. The summed E-state index contributed by atoms with van der Waals surface area (Å²) in [6.45, 7) is 1.37. The maximum atomic E-state index is 13.3. The van der Waals surface area contributed by atoms with Crippen LogP contribution in [0.25, 0.3) is 0 Å². The second-order valence-corrected chi connectivity index (χ2v) is 3.79. The highest BCUT2D eigenvalue weighted by molar-refractivity contribution is 5.99. The first-order valence-electron chi connectivity index (χ1n) is 5.12. The summed E-state index contributed by atoms with van der Waals surface area (Å²) in [6, 6.07) is 0.786. The Hall–Kier alpha value is -1.85. The van der Waals surface area contributed by atoms with E-state index in [9.17, 15) is 22.8 Å². The molecule has 0 aliphatic carbocycles. The van der Waals surface area contributed by atoms with Crippen LogP contribution >= 0.6 is 0 Å². The van der Waals surface area contributed by atoms with Crippen LogP contribution in [0.3, 0.4) is 0 Å². The maximum Gasteiger partial charge on any atom is 0.306 e. The van der Waals surface area contributed by atoms with Gasteiger partial charge >= 0.3 is 5.97 Å². The summed E-state index contributed by atoms with van der Waals surface area (Å²) in [5, 5.41) is 0. The number of hydrogen-bond acceptors (Lipinski definition) is 3. The quantitative estimate of drug-likeness (QED) is 0.474. The average Bonchev–Trinajstić information content (AvgIpc) is 2.32. The molecule has 0 N–H and O–H groups in total. The Kier molecular flexibility index (Phi) is 4.47.